The first-order valence-electron chi connectivity index (χ1n) is 7.94. The summed E-state index contributed by atoms with van der Waals surface area (Å²) in [5.74, 6) is -3.24. The van der Waals surface area contributed by atoms with E-state index in [2.05, 4.69) is 20.3 Å². The number of hydrogen-bond acceptors (Lipinski definition) is 10. The molecule has 13 heteroatoms. The van der Waals surface area contributed by atoms with Crippen LogP contribution in [-0.4, -0.2) is 75.6 Å². The monoisotopic (exact) mass is 408 g/mol. The zero-order valence-electron chi connectivity index (χ0n) is 14.8. The highest BCUT2D eigenvalue weighted by molar-refractivity contribution is 7.13. The summed E-state index contributed by atoms with van der Waals surface area (Å²) in [7, 11) is 1.25. The maximum Gasteiger partial charge on any atom is 0.354 e. The molecule has 4 N–H and O–H groups in total. The summed E-state index contributed by atoms with van der Waals surface area (Å²) in [6.07, 6.45) is 0. The molecule has 1 fully saturated rings. The number of carboxylic acids is 1. The van der Waals surface area contributed by atoms with Crippen molar-refractivity contribution in [3.63, 3.8) is 0 Å². The van der Waals surface area contributed by atoms with Crippen molar-refractivity contribution in [2.45, 2.75) is 13.0 Å². The molecule has 2 amide bonds. The number of amides is 2. The van der Waals surface area contributed by atoms with Crippen LogP contribution in [0.3, 0.4) is 0 Å². The molecule has 12 nitrogen and oxygen atoms in total. The Labute approximate surface area is 162 Å². The van der Waals surface area contributed by atoms with E-state index < -0.39 is 35.3 Å². The molecule has 2 aliphatic heterocycles. The number of nitrogen functional groups attached to an aromatic ring is 1. The van der Waals surface area contributed by atoms with E-state index in [-0.39, 0.29) is 35.2 Å². The summed E-state index contributed by atoms with van der Waals surface area (Å²) < 4.78 is 0. The molecular weight excluding hydrogens is 392 g/mol. The second kappa shape index (κ2) is 7.36. The number of fused-ring (bicyclic) bond motifs is 1. The molecule has 0 aromatic carbocycles. The number of nitrogens with zero attached hydrogens (tertiary/aromatic N) is 4. The fraction of sp³-hybridized carbons (Fsp3) is 0.333. The number of nitrogens with two attached hydrogens (primary N) is 1. The highest BCUT2D eigenvalue weighted by atomic mass is 32.1. The molecule has 148 valence electrons. The fourth-order valence-corrected chi connectivity index (χ4v) is 3.50. The van der Waals surface area contributed by atoms with Crippen molar-refractivity contribution in [1.82, 2.24) is 20.3 Å². The summed E-state index contributed by atoms with van der Waals surface area (Å²) >= 11 is 1.10. The second-order valence-electron chi connectivity index (χ2n) is 5.91. The molecule has 0 aliphatic carbocycles. The van der Waals surface area contributed by atoms with Crippen LogP contribution in [0, 0.1) is 0 Å². The number of carbonyl (C=O) groups excluding carboxylic acids is 3. The molecule has 3 rings (SSSR count). The lowest BCUT2D eigenvalue weighted by atomic mass is 10.1. The van der Waals surface area contributed by atoms with Gasteiger partial charge < -0.3 is 21.0 Å². The summed E-state index contributed by atoms with van der Waals surface area (Å²) in [6.45, 7) is 1.20. The predicted molar refractivity (Wildman–Crippen MR) is 95.8 cm³/mol. The number of hydrogen-bond donors (Lipinski definition) is 3. The Bertz CT molecular complexity index is 937. The van der Waals surface area contributed by atoms with E-state index >= 15 is 0 Å². The zero-order chi connectivity index (χ0) is 20.6. The van der Waals surface area contributed by atoms with Crippen LogP contribution in [-0.2, 0) is 24.0 Å². The van der Waals surface area contributed by atoms with Crippen molar-refractivity contribution in [3.05, 3.63) is 22.3 Å². The summed E-state index contributed by atoms with van der Waals surface area (Å²) in [5.41, 5.74) is 5.20. The van der Waals surface area contributed by atoms with Gasteiger partial charge in [0.15, 0.2) is 22.3 Å². The van der Waals surface area contributed by atoms with Crippen molar-refractivity contribution in [3.8, 4) is 0 Å². The highest BCUT2D eigenvalue weighted by Crippen LogP contribution is 2.29. The minimum absolute atomic E-state index is 0.00238. The molecule has 1 saturated heterocycles. The van der Waals surface area contributed by atoms with Crippen molar-refractivity contribution in [2.24, 2.45) is 5.16 Å². The molecule has 1 aromatic heterocycles. The Hall–Kier alpha value is -3.32. The summed E-state index contributed by atoms with van der Waals surface area (Å²) in [6, 6.07) is -1.03. The van der Waals surface area contributed by atoms with Crippen LogP contribution in [0.25, 0.3) is 0 Å². The smallest absolute Gasteiger partial charge is 0.354 e. The van der Waals surface area contributed by atoms with Gasteiger partial charge in [-0.1, -0.05) is 5.16 Å². The Morgan fingerprint density at radius 2 is 2.18 bits per heavy atom. The van der Waals surface area contributed by atoms with Crippen molar-refractivity contribution >= 4 is 45.7 Å². The Balaban J connectivity index is 1.81. The number of Topliss-reactive ketones (excluding diaryl/α,β-unsaturated/α-hetero) is 1. The number of carbonyl (C=O) groups is 4. The number of rotatable bonds is 6. The third-order valence-electron chi connectivity index (χ3n) is 4.12. The lowest BCUT2D eigenvalue weighted by Gasteiger charge is -2.19. The molecular formula is C15H16N6O6S. The molecule has 0 unspecified atom stereocenters. The minimum atomic E-state index is -1.40. The third-order valence-corrected chi connectivity index (χ3v) is 4.79. The number of nitrogens with one attached hydrogen (secondary N) is 1. The van der Waals surface area contributed by atoms with E-state index in [9.17, 15) is 24.3 Å². The quantitative estimate of drug-likeness (QED) is 0.377. The van der Waals surface area contributed by atoms with Gasteiger partial charge in [-0.15, -0.1) is 11.3 Å². The zero-order valence-corrected chi connectivity index (χ0v) is 15.6. The number of oxime groups is 1. The molecule has 3 heterocycles. The number of aliphatic carboxylic acids is 1. The van der Waals surface area contributed by atoms with Crippen molar-refractivity contribution < 1.29 is 29.1 Å². The molecule has 1 aromatic rings. The van der Waals surface area contributed by atoms with Gasteiger partial charge in [-0.2, -0.15) is 0 Å². The molecule has 0 radical (unpaired) electrons. The van der Waals surface area contributed by atoms with Gasteiger partial charge in [-0.05, 0) is 6.92 Å². The van der Waals surface area contributed by atoms with Gasteiger partial charge in [0, 0.05) is 24.0 Å². The summed E-state index contributed by atoms with van der Waals surface area (Å²) in [5, 5.41) is 19.6. The van der Waals surface area contributed by atoms with Gasteiger partial charge in [0.1, 0.15) is 18.8 Å². The number of thiazole rings is 1. The average Bonchev–Trinajstić information content (AvgIpc) is 3.28. The molecule has 1 atom stereocenters. The van der Waals surface area contributed by atoms with E-state index in [0.29, 0.717) is 0 Å². The Morgan fingerprint density at radius 3 is 2.71 bits per heavy atom. The normalized spacial score (nSPS) is 19.8. The lowest BCUT2D eigenvalue weighted by Crippen LogP contribution is -2.46. The maximum atomic E-state index is 12.7. The Morgan fingerprint density at radius 1 is 1.46 bits per heavy atom. The van der Waals surface area contributed by atoms with Crippen LogP contribution < -0.4 is 11.1 Å². The van der Waals surface area contributed by atoms with Crippen LogP contribution in [0.2, 0.25) is 0 Å². The molecule has 28 heavy (non-hydrogen) atoms. The first kappa shape index (κ1) is 19.4. The standard InChI is InChI=1S/C15H16N6O6S/c1-6(22)7-3-20-4-8(13(24)21(20)11(7)14(25)26)17-12(23)10(19-27-2)9-5-28-15(16)18-9/h5,8H,3-4H2,1-2H3,(H2,16,18)(H,17,23)(H,25,26)/b19-10-/t8-/m0/s1. The molecule has 0 spiro atoms. The van der Waals surface area contributed by atoms with Gasteiger partial charge in [0.05, 0.1) is 0 Å². The molecule has 0 saturated carbocycles. The average molecular weight is 408 g/mol. The highest BCUT2D eigenvalue weighted by Gasteiger charge is 2.49. The lowest BCUT2D eigenvalue weighted by molar-refractivity contribution is -0.143. The number of aromatic nitrogens is 1. The van der Waals surface area contributed by atoms with Crippen molar-refractivity contribution in [1.29, 1.82) is 0 Å². The molecule has 0 bridgehead atoms. The molecule has 2 aliphatic rings. The van der Waals surface area contributed by atoms with Gasteiger partial charge in [0.2, 0.25) is 0 Å². The van der Waals surface area contributed by atoms with Gasteiger partial charge in [-0.3, -0.25) is 14.4 Å². The van der Waals surface area contributed by atoms with Gasteiger partial charge >= 0.3 is 5.97 Å². The van der Waals surface area contributed by atoms with Crippen LogP contribution in [0.1, 0.15) is 12.6 Å². The third kappa shape index (κ3) is 3.32. The van der Waals surface area contributed by atoms with Crippen LogP contribution >= 0.6 is 11.3 Å². The van der Waals surface area contributed by atoms with Crippen LogP contribution in [0.15, 0.2) is 21.8 Å². The SMILES string of the molecule is CO/N=C(\C(=O)N[C@H]1CN2CC(C(C)=O)=C(C(=O)O)N2C1=O)c1csc(N)n1. The van der Waals surface area contributed by atoms with E-state index in [1.165, 1.54) is 24.4 Å². The van der Waals surface area contributed by atoms with Gasteiger partial charge in [0.25, 0.3) is 11.8 Å². The fourth-order valence-electron chi connectivity index (χ4n) is 2.95. The maximum absolute atomic E-state index is 12.7. The van der Waals surface area contributed by atoms with E-state index in [4.69, 9.17) is 5.73 Å². The number of ketones is 1. The van der Waals surface area contributed by atoms with Crippen LogP contribution in [0.4, 0.5) is 5.13 Å². The first-order chi connectivity index (χ1) is 13.2. The predicted octanol–water partition coefficient (Wildman–Crippen LogP) is -1.44. The minimum Gasteiger partial charge on any atom is -0.477 e. The summed E-state index contributed by atoms with van der Waals surface area (Å²) in [4.78, 5) is 57.1. The van der Waals surface area contributed by atoms with E-state index in [1.807, 2.05) is 0 Å². The van der Waals surface area contributed by atoms with E-state index in [0.717, 1.165) is 16.3 Å². The van der Waals surface area contributed by atoms with Gasteiger partial charge in [-0.25, -0.2) is 19.8 Å². The number of hydrazine groups is 1. The van der Waals surface area contributed by atoms with E-state index in [1.54, 1.807) is 0 Å². The Kier molecular flexibility index (Phi) is 5.11. The van der Waals surface area contributed by atoms with Crippen molar-refractivity contribution in [2.75, 3.05) is 25.9 Å². The number of carboxylic acid groups (broad SMARTS) is 1. The first-order valence-corrected chi connectivity index (χ1v) is 8.82. The van der Waals surface area contributed by atoms with Crippen LogP contribution in [0.5, 0.6) is 0 Å². The largest absolute Gasteiger partial charge is 0.477 e. The second-order valence-corrected chi connectivity index (χ2v) is 6.79. The number of anilines is 1. The topological polar surface area (TPSA) is 168 Å².